The van der Waals surface area contributed by atoms with Crippen LogP contribution in [0.15, 0.2) is 35.6 Å². The van der Waals surface area contributed by atoms with E-state index in [1.165, 1.54) is 24.4 Å². The number of hydrogen-bond acceptors (Lipinski definition) is 2. The Balaban J connectivity index is 1.93. The van der Waals surface area contributed by atoms with E-state index in [9.17, 15) is 0 Å². The van der Waals surface area contributed by atoms with Crippen LogP contribution in [0.1, 0.15) is 27.2 Å². The van der Waals surface area contributed by atoms with Gasteiger partial charge >= 0.3 is 0 Å². The van der Waals surface area contributed by atoms with Gasteiger partial charge in [-0.3, -0.25) is 4.90 Å². The second-order valence-corrected chi connectivity index (χ2v) is 5.26. The molecule has 94 valence electrons. The fourth-order valence-corrected chi connectivity index (χ4v) is 2.45. The van der Waals surface area contributed by atoms with Gasteiger partial charge in [0.25, 0.3) is 0 Å². The van der Waals surface area contributed by atoms with Gasteiger partial charge in [-0.15, -0.1) is 0 Å². The molecule has 0 atom stereocenters. The van der Waals surface area contributed by atoms with Crippen LogP contribution >= 0.6 is 0 Å². The molecule has 0 aromatic heterocycles. The van der Waals surface area contributed by atoms with Crippen molar-refractivity contribution in [3.8, 4) is 0 Å². The van der Waals surface area contributed by atoms with Crippen molar-refractivity contribution < 1.29 is 0 Å². The Morgan fingerprint density at radius 3 is 2.35 bits per heavy atom. The van der Waals surface area contributed by atoms with Gasteiger partial charge in [0.1, 0.15) is 0 Å². The highest BCUT2D eigenvalue weighted by Gasteiger charge is 2.19. The summed E-state index contributed by atoms with van der Waals surface area (Å²) in [4.78, 5) is 5.07. The lowest BCUT2D eigenvalue weighted by molar-refractivity contribution is 0.132. The molecule has 1 aliphatic heterocycles. The highest BCUT2D eigenvalue weighted by Crippen LogP contribution is 2.17. The standard InChI is InChI=1S/C15H24N2/c1-13(2)16-9-11-17(12-10-16)15-6-4-5-14(3)7-8-15/h5-8,13H,4,9-12H2,1-3H3. The number of rotatable bonds is 2. The molecule has 1 saturated heterocycles. The molecule has 1 heterocycles. The molecule has 17 heavy (non-hydrogen) atoms. The maximum absolute atomic E-state index is 2.56. The molecule has 1 aliphatic carbocycles. The molecule has 0 radical (unpaired) electrons. The van der Waals surface area contributed by atoms with E-state index in [1.807, 2.05) is 0 Å². The number of piperazine rings is 1. The van der Waals surface area contributed by atoms with Crippen molar-refractivity contribution in [3.63, 3.8) is 0 Å². The van der Waals surface area contributed by atoms with Gasteiger partial charge in [-0.05, 0) is 33.3 Å². The smallest absolute Gasteiger partial charge is 0.0329 e. The highest BCUT2D eigenvalue weighted by atomic mass is 15.3. The Morgan fingerprint density at radius 2 is 1.71 bits per heavy atom. The summed E-state index contributed by atoms with van der Waals surface area (Å²) in [5.41, 5.74) is 2.78. The van der Waals surface area contributed by atoms with Gasteiger partial charge in [0, 0.05) is 37.9 Å². The molecular weight excluding hydrogens is 208 g/mol. The molecular formula is C15H24N2. The zero-order chi connectivity index (χ0) is 12.3. The molecule has 0 spiro atoms. The third-order valence-electron chi connectivity index (χ3n) is 3.69. The lowest BCUT2D eigenvalue weighted by Crippen LogP contribution is -2.48. The Morgan fingerprint density at radius 1 is 1.00 bits per heavy atom. The van der Waals surface area contributed by atoms with Crippen LogP contribution in [0.2, 0.25) is 0 Å². The summed E-state index contributed by atoms with van der Waals surface area (Å²) in [6.45, 7) is 11.4. The van der Waals surface area contributed by atoms with Gasteiger partial charge in [0.15, 0.2) is 0 Å². The largest absolute Gasteiger partial charge is 0.369 e. The maximum atomic E-state index is 2.56. The van der Waals surface area contributed by atoms with E-state index in [-0.39, 0.29) is 0 Å². The fraction of sp³-hybridized carbons (Fsp3) is 0.600. The van der Waals surface area contributed by atoms with Gasteiger partial charge in [-0.25, -0.2) is 0 Å². The molecule has 2 nitrogen and oxygen atoms in total. The third kappa shape index (κ3) is 3.22. The monoisotopic (exact) mass is 232 g/mol. The van der Waals surface area contributed by atoms with Gasteiger partial charge in [-0.1, -0.05) is 23.8 Å². The zero-order valence-electron chi connectivity index (χ0n) is 11.3. The predicted molar refractivity (Wildman–Crippen MR) is 73.9 cm³/mol. The molecule has 2 rings (SSSR count). The van der Waals surface area contributed by atoms with E-state index < -0.39 is 0 Å². The van der Waals surface area contributed by atoms with E-state index in [0.29, 0.717) is 6.04 Å². The Hall–Kier alpha value is -1.02. The Bertz CT molecular complexity index is 342. The average molecular weight is 232 g/mol. The summed E-state index contributed by atoms with van der Waals surface area (Å²) in [7, 11) is 0. The number of hydrogen-bond donors (Lipinski definition) is 0. The van der Waals surface area contributed by atoms with Crippen molar-refractivity contribution in [2.75, 3.05) is 26.2 Å². The van der Waals surface area contributed by atoms with E-state index >= 15 is 0 Å². The molecule has 0 bridgehead atoms. The van der Waals surface area contributed by atoms with Crippen molar-refractivity contribution in [2.24, 2.45) is 0 Å². The quantitative estimate of drug-likeness (QED) is 0.722. The molecule has 0 amide bonds. The predicted octanol–water partition coefficient (Wildman–Crippen LogP) is 2.80. The SMILES string of the molecule is CC1=CCC=C(N2CCN(C(C)C)CC2)C=C1. The lowest BCUT2D eigenvalue weighted by atomic mass is 10.2. The van der Waals surface area contributed by atoms with E-state index in [2.05, 4.69) is 54.9 Å². The van der Waals surface area contributed by atoms with Crippen LogP contribution in [-0.4, -0.2) is 42.0 Å². The molecule has 2 aliphatic rings. The molecule has 1 fully saturated rings. The van der Waals surface area contributed by atoms with Crippen LogP contribution in [0.5, 0.6) is 0 Å². The summed E-state index contributed by atoms with van der Waals surface area (Å²) >= 11 is 0. The Kier molecular flexibility index (Phi) is 4.06. The second-order valence-electron chi connectivity index (χ2n) is 5.26. The van der Waals surface area contributed by atoms with E-state index in [4.69, 9.17) is 0 Å². The summed E-state index contributed by atoms with van der Waals surface area (Å²) in [6, 6.07) is 0.680. The first kappa shape index (κ1) is 12.4. The van der Waals surface area contributed by atoms with Crippen molar-refractivity contribution in [1.82, 2.24) is 9.80 Å². The van der Waals surface area contributed by atoms with Crippen LogP contribution in [0.4, 0.5) is 0 Å². The third-order valence-corrected chi connectivity index (χ3v) is 3.69. The first-order valence-corrected chi connectivity index (χ1v) is 6.71. The maximum Gasteiger partial charge on any atom is 0.0329 e. The summed E-state index contributed by atoms with van der Waals surface area (Å²) in [5, 5.41) is 0. The fourth-order valence-electron chi connectivity index (χ4n) is 2.45. The first-order valence-electron chi connectivity index (χ1n) is 6.71. The van der Waals surface area contributed by atoms with Crippen molar-refractivity contribution >= 4 is 0 Å². The normalized spacial score (nSPS) is 22.5. The molecule has 0 saturated carbocycles. The second kappa shape index (κ2) is 5.54. The molecule has 0 unspecified atom stereocenters. The van der Waals surface area contributed by atoms with E-state index in [0.717, 1.165) is 19.5 Å². The van der Waals surface area contributed by atoms with Crippen LogP contribution in [-0.2, 0) is 0 Å². The van der Waals surface area contributed by atoms with Crippen LogP contribution in [0, 0.1) is 0 Å². The van der Waals surface area contributed by atoms with Crippen molar-refractivity contribution in [3.05, 3.63) is 35.6 Å². The minimum absolute atomic E-state index is 0.680. The molecule has 0 aromatic carbocycles. The molecule has 0 aromatic rings. The lowest BCUT2D eigenvalue weighted by Gasteiger charge is -2.38. The van der Waals surface area contributed by atoms with E-state index in [1.54, 1.807) is 0 Å². The average Bonchev–Trinajstić information content (AvgIpc) is 2.54. The van der Waals surface area contributed by atoms with Gasteiger partial charge in [0.05, 0.1) is 0 Å². The molecule has 0 N–H and O–H groups in total. The zero-order valence-corrected chi connectivity index (χ0v) is 11.3. The minimum atomic E-state index is 0.680. The summed E-state index contributed by atoms with van der Waals surface area (Å²) in [6.07, 6.45) is 10.2. The Labute approximate surface area is 105 Å². The minimum Gasteiger partial charge on any atom is -0.369 e. The summed E-state index contributed by atoms with van der Waals surface area (Å²) < 4.78 is 0. The van der Waals surface area contributed by atoms with Crippen molar-refractivity contribution in [2.45, 2.75) is 33.2 Å². The van der Waals surface area contributed by atoms with Gasteiger partial charge in [-0.2, -0.15) is 0 Å². The highest BCUT2D eigenvalue weighted by molar-refractivity contribution is 5.30. The van der Waals surface area contributed by atoms with Crippen LogP contribution in [0.3, 0.4) is 0 Å². The summed E-state index contributed by atoms with van der Waals surface area (Å²) in [5.74, 6) is 0. The van der Waals surface area contributed by atoms with Crippen molar-refractivity contribution in [1.29, 1.82) is 0 Å². The first-order chi connectivity index (χ1) is 8.16. The topological polar surface area (TPSA) is 6.48 Å². The van der Waals surface area contributed by atoms with Gasteiger partial charge < -0.3 is 4.90 Å². The number of nitrogens with zero attached hydrogens (tertiary/aromatic N) is 2. The van der Waals surface area contributed by atoms with Crippen LogP contribution in [0.25, 0.3) is 0 Å². The number of allylic oxidation sites excluding steroid dienone is 5. The molecule has 2 heteroatoms. The van der Waals surface area contributed by atoms with Crippen LogP contribution < -0.4 is 0 Å². The van der Waals surface area contributed by atoms with Gasteiger partial charge in [0.2, 0.25) is 0 Å².